The number of aromatic nitrogens is 4. The van der Waals surface area contributed by atoms with E-state index in [1.165, 1.54) is 0 Å². The highest BCUT2D eigenvalue weighted by atomic mass is 35.5. The second-order valence-corrected chi connectivity index (χ2v) is 3.51. The van der Waals surface area contributed by atoms with Crippen molar-refractivity contribution in [3.05, 3.63) is 28.0 Å². The van der Waals surface area contributed by atoms with E-state index in [1.807, 2.05) is 0 Å². The maximum absolute atomic E-state index is 5.97. The van der Waals surface area contributed by atoms with Gasteiger partial charge in [0.15, 0.2) is 0 Å². The monoisotopic (exact) mass is 242 g/mol. The summed E-state index contributed by atoms with van der Waals surface area (Å²) in [6.07, 6.45) is 0. The molecule has 2 aromatic rings. The Labute approximate surface area is 95.6 Å². The lowest BCUT2D eigenvalue weighted by Gasteiger charge is -2.05. The number of nitrogens with zero attached hydrogens (tertiary/aromatic N) is 3. The summed E-state index contributed by atoms with van der Waals surface area (Å²) in [5.74, 6) is 0.611. The number of rotatable bonds is 2. The highest BCUT2D eigenvalue weighted by Gasteiger charge is 2.04. The number of aromatic amines is 1. The molecule has 0 aliphatic heterocycles. The zero-order valence-electron chi connectivity index (χ0n) is 7.77. The summed E-state index contributed by atoms with van der Waals surface area (Å²) in [5, 5.41) is 10.4. The average Bonchev–Trinajstić information content (AvgIpc) is 2.64. The van der Waals surface area contributed by atoms with Crippen LogP contribution in [0, 0.1) is 4.77 Å². The Balaban J connectivity index is 2.52. The van der Waals surface area contributed by atoms with Gasteiger partial charge in [0.05, 0.1) is 17.8 Å². The van der Waals surface area contributed by atoms with Crippen LogP contribution in [-0.4, -0.2) is 27.3 Å². The van der Waals surface area contributed by atoms with Crippen LogP contribution in [0.1, 0.15) is 0 Å². The van der Waals surface area contributed by atoms with Crippen molar-refractivity contribution in [1.29, 1.82) is 0 Å². The van der Waals surface area contributed by atoms with Gasteiger partial charge in [-0.05, 0) is 30.4 Å². The summed E-state index contributed by atoms with van der Waals surface area (Å²) in [4.78, 5) is 0. The van der Waals surface area contributed by atoms with Crippen molar-refractivity contribution < 1.29 is 4.74 Å². The van der Waals surface area contributed by atoms with Crippen molar-refractivity contribution in [3.8, 4) is 11.4 Å². The number of nitrogens with one attached hydrogen (secondary N) is 1. The molecule has 0 spiro atoms. The molecular formula is C8H7ClN4OS. The normalized spacial score (nSPS) is 10.3. The third kappa shape index (κ3) is 1.86. The number of methoxy groups -OCH3 is 1. The number of halogens is 1. The largest absolute Gasteiger partial charge is 0.495 e. The molecule has 0 aliphatic carbocycles. The van der Waals surface area contributed by atoms with E-state index in [0.29, 0.717) is 15.5 Å². The van der Waals surface area contributed by atoms with Crippen LogP contribution < -0.4 is 4.74 Å². The van der Waals surface area contributed by atoms with Gasteiger partial charge in [0, 0.05) is 0 Å². The number of hydrogen-bond donors (Lipinski definition) is 1. The highest BCUT2D eigenvalue weighted by Crippen LogP contribution is 2.26. The minimum atomic E-state index is 0.344. The topological polar surface area (TPSA) is 55.7 Å². The first kappa shape index (κ1) is 10.1. The highest BCUT2D eigenvalue weighted by molar-refractivity contribution is 7.71. The predicted octanol–water partition coefficient (Wildman–Crippen LogP) is 1.99. The van der Waals surface area contributed by atoms with Crippen molar-refractivity contribution in [2.75, 3.05) is 7.11 Å². The molecule has 15 heavy (non-hydrogen) atoms. The van der Waals surface area contributed by atoms with Crippen LogP contribution in [0.3, 0.4) is 0 Å². The lowest BCUT2D eigenvalue weighted by Crippen LogP contribution is -1.97. The molecule has 0 saturated carbocycles. The Morgan fingerprint density at radius 2 is 2.33 bits per heavy atom. The van der Waals surface area contributed by atoms with Crippen LogP contribution in [0.15, 0.2) is 18.2 Å². The minimum absolute atomic E-state index is 0.344. The van der Waals surface area contributed by atoms with Crippen molar-refractivity contribution >= 4 is 23.8 Å². The van der Waals surface area contributed by atoms with Crippen LogP contribution in [-0.2, 0) is 0 Å². The van der Waals surface area contributed by atoms with E-state index in [9.17, 15) is 0 Å². The zero-order chi connectivity index (χ0) is 10.8. The Morgan fingerprint density at radius 1 is 1.53 bits per heavy atom. The smallest absolute Gasteiger partial charge is 0.242 e. The summed E-state index contributed by atoms with van der Waals surface area (Å²) in [6.45, 7) is 0. The van der Waals surface area contributed by atoms with E-state index >= 15 is 0 Å². The van der Waals surface area contributed by atoms with Crippen molar-refractivity contribution in [1.82, 2.24) is 20.2 Å². The van der Waals surface area contributed by atoms with E-state index in [4.69, 9.17) is 28.6 Å². The fraction of sp³-hybridized carbons (Fsp3) is 0.125. The summed E-state index contributed by atoms with van der Waals surface area (Å²) >= 11 is 10.9. The molecule has 1 aromatic heterocycles. The first-order valence-electron chi connectivity index (χ1n) is 4.06. The molecule has 1 N–H and O–H groups in total. The second kappa shape index (κ2) is 4.00. The van der Waals surface area contributed by atoms with Crippen molar-refractivity contribution in [3.63, 3.8) is 0 Å². The Bertz CT molecular complexity index is 535. The van der Waals surface area contributed by atoms with Crippen LogP contribution in [0.4, 0.5) is 0 Å². The molecule has 0 atom stereocenters. The van der Waals surface area contributed by atoms with Crippen LogP contribution >= 0.6 is 23.8 Å². The van der Waals surface area contributed by atoms with Crippen LogP contribution in [0.2, 0.25) is 5.02 Å². The van der Waals surface area contributed by atoms with E-state index in [-0.39, 0.29) is 0 Å². The molecule has 0 unspecified atom stereocenters. The standard InChI is InChI=1S/C8H7ClN4OS/c1-14-7-3-2-5(4-6(7)9)13-8(15)10-11-12-13/h2-4H,1H3,(H,10,12,15). The third-order valence-corrected chi connectivity index (χ3v) is 2.42. The van der Waals surface area contributed by atoms with Gasteiger partial charge in [0.1, 0.15) is 5.75 Å². The van der Waals surface area contributed by atoms with Crippen LogP contribution in [0.5, 0.6) is 5.75 Å². The van der Waals surface area contributed by atoms with Gasteiger partial charge in [-0.15, -0.1) is 0 Å². The molecule has 0 amide bonds. The van der Waals surface area contributed by atoms with Gasteiger partial charge in [-0.25, -0.2) is 4.68 Å². The quantitative estimate of drug-likeness (QED) is 0.819. The SMILES string of the molecule is COc1ccc(-n2[nH]nnc2=S)cc1Cl. The number of hydrogen-bond acceptors (Lipinski definition) is 4. The zero-order valence-corrected chi connectivity index (χ0v) is 9.34. The van der Waals surface area contributed by atoms with Gasteiger partial charge in [-0.1, -0.05) is 21.9 Å². The molecule has 0 fully saturated rings. The van der Waals surface area contributed by atoms with Crippen molar-refractivity contribution in [2.45, 2.75) is 0 Å². The fourth-order valence-electron chi connectivity index (χ4n) is 1.16. The number of ether oxygens (including phenoxy) is 1. The number of H-pyrrole nitrogens is 1. The van der Waals surface area contributed by atoms with E-state index < -0.39 is 0 Å². The number of tetrazole rings is 1. The first-order chi connectivity index (χ1) is 7.22. The molecule has 0 bridgehead atoms. The van der Waals surface area contributed by atoms with Crippen LogP contribution in [0.25, 0.3) is 5.69 Å². The third-order valence-electron chi connectivity index (χ3n) is 1.87. The van der Waals surface area contributed by atoms with Gasteiger partial charge in [0.25, 0.3) is 0 Å². The van der Waals surface area contributed by atoms with E-state index in [0.717, 1.165) is 5.69 Å². The maximum Gasteiger partial charge on any atom is 0.242 e. The summed E-state index contributed by atoms with van der Waals surface area (Å²) < 4.78 is 6.92. The molecule has 0 radical (unpaired) electrons. The lowest BCUT2D eigenvalue weighted by molar-refractivity contribution is 0.415. The van der Waals surface area contributed by atoms with E-state index in [1.54, 1.807) is 30.0 Å². The molecule has 0 saturated heterocycles. The first-order valence-corrected chi connectivity index (χ1v) is 4.85. The van der Waals surface area contributed by atoms with Gasteiger partial charge in [-0.2, -0.15) is 5.21 Å². The van der Waals surface area contributed by atoms with E-state index in [2.05, 4.69) is 15.5 Å². The Hall–Kier alpha value is -1.40. The Kier molecular flexibility index (Phi) is 2.70. The molecule has 2 rings (SSSR count). The minimum Gasteiger partial charge on any atom is -0.495 e. The molecule has 5 nitrogen and oxygen atoms in total. The lowest BCUT2D eigenvalue weighted by atomic mass is 10.3. The fourth-order valence-corrected chi connectivity index (χ4v) is 1.60. The molecular weight excluding hydrogens is 236 g/mol. The van der Waals surface area contributed by atoms with Crippen molar-refractivity contribution in [2.24, 2.45) is 0 Å². The molecule has 78 valence electrons. The molecule has 1 aromatic carbocycles. The average molecular weight is 243 g/mol. The second-order valence-electron chi connectivity index (χ2n) is 2.74. The van der Waals surface area contributed by atoms with Gasteiger partial charge in [-0.3, -0.25) is 0 Å². The van der Waals surface area contributed by atoms with Gasteiger partial charge >= 0.3 is 0 Å². The summed E-state index contributed by atoms with van der Waals surface area (Å²) in [5.41, 5.74) is 0.760. The van der Waals surface area contributed by atoms with Gasteiger partial charge in [0.2, 0.25) is 4.77 Å². The molecule has 1 heterocycles. The van der Waals surface area contributed by atoms with Gasteiger partial charge < -0.3 is 4.74 Å². The maximum atomic E-state index is 5.97. The summed E-state index contributed by atoms with van der Waals surface area (Å²) in [7, 11) is 1.56. The predicted molar refractivity (Wildman–Crippen MR) is 58.1 cm³/mol. The summed E-state index contributed by atoms with van der Waals surface area (Å²) in [6, 6.07) is 5.27. The molecule has 7 heteroatoms. The number of benzene rings is 1. The Morgan fingerprint density at radius 3 is 2.87 bits per heavy atom. The molecule has 0 aliphatic rings.